The first kappa shape index (κ1) is 13.6. The number of aliphatic hydroxyl groups excluding tert-OH is 1. The number of nitrogens with zero attached hydrogens (tertiary/aromatic N) is 2. The molecule has 3 rings (SSSR count). The normalized spacial score (nSPS) is 32.3. The molecule has 1 aromatic rings. The van der Waals surface area contributed by atoms with Crippen LogP contribution in [0.15, 0.2) is 24.3 Å². The van der Waals surface area contributed by atoms with Crippen molar-refractivity contribution >= 4 is 0 Å². The van der Waals surface area contributed by atoms with Crippen LogP contribution in [0.2, 0.25) is 0 Å². The van der Waals surface area contributed by atoms with Gasteiger partial charge >= 0.3 is 0 Å². The lowest BCUT2D eigenvalue weighted by molar-refractivity contribution is 0.158. The van der Waals surface area contributed by atoms with Crippen LogP contribution in [0.3, 0.4) is 0 Å². The Morgan fingerprint density at radius 1 is 1.25 bits per heavy atom. The van der Waals surface area contributed by atoms with E-state index in [2.05, 4.69) is 24.1 Å². The number of hydrogen-bond acceptors (Lipinski definition) is 3. The van der Waals surface area contributed by atoms with Gasteiger partial charge in [0.15, 0.2) is 0 Å². The third-order valence-corrected chi connectivity index (χ3v) is 5.08. The van der Waals surface area contributed by atoms with E-state index in [0.717, 1.165) is 36.8 Å². The van der Waals surface area contributed by atoms with Gasteiger partial charge in [-0.15, -0.1) is 0 Å². The van der Waals surface area contributed by atoms with Gasteiger partial charge in [0.05, 0.1) is 17.7 Å². The number of aliphatic hydroxyl groups is 1. The second-order valence-corrected chi connectivity index (χ2v) is 6.50. The molecular formula is C17H22N2O. The fraction of sp³-hybridized carbons (Fsp3) is 0.588. The molecule has 20 heavy (non-hydrogen) atoms. The highest BCUT2D eigenvalue weighted by atomic mass is 16.3. The molecule has 0 spiro atoms. The molecular weight excluding hydrogens is 248 g/mol. The molecule has 0 amide bonds. The van der Waals surface area contributed by atoms with E-state index in [-0.39, 0.29) is 6.10 Å². The summed E-state index contributed by atoms with van der Waals surface area (Å²) in [4.78, 5) is 2.42. The third-order valence-electron chi connectivity index (χ3n) is 5.08. The number of fused-ring (bicyclic) bond motifs is 1. The summed E-state index contributed by atoms with van der Waals surface area (Å²) in [6.07, 6.45) is 4.38. The Morgan fingerprint density at radius 2 is 1.95 bits per heavy atom. The van der Waals surface area contributed by atoms with Crippen molar-refractivity contribution in [3.05, 3.63) is 35.4 Å². The maximum absolute atomic E-state index is 9.71. The zero-order valence-corrected chi connectivity index (χ0v) is 12.0. The van der Waals surface area contributed by atoms with Gasteiger partial charge in [0.25, 0.3) is 0 Å². The number of benzene rings is 1. The molecule has 0 bridgehead atoms. The van der Waals surface area contributed by atoms with Gasteiger partial charge in [-0.3, -0.25) is 4.90 Å². The molecule has 3 heteroatoms. The van der Waals surface area contributed by atoms with Gasteiger partial charge in [-0.2, -0.15) is 5.26 Å². The molecule has 0 heterocycles. The van der Waals surface area contributed by atoms with Crippen molar-refractivity contribution in [2.75, 3.05) is 7.05 Å². The zero-order chi connectivity index (χ0) is 14.1. The minimum Gasteiger partial charge on any atom is -0.393 e. The molecule has 1 aromatic carbocycles. The molecule has 0 aromatic heterocycles. The lowest BCUT2D eigenvalue weighted by atomic mass is 10.0. The minimum absolute atomic E-state index is 0.0523. The maximum Gasteiger partial charge on any atom is 0.0991 e. The van der Waals surface area contributed by atoms with E-state index in [9.17, 15) is 5.11 Å². The first-order chi connectivity index (χ1) is 9.65. The van der Waals surface area contributed by atoms with Crippen molar-refractivity contribution in [2.24, 2.45) is 11.8 Å². The molecule has 2 unspecified atom stereocenters. The van der Waals surface area contributed by atoms with Gasteiger partial charge in [0, 0.05) is 12.6 Å². The van der Waals surface area contributed by atoms with Gasteiger partial charge in [0.2, 0.25) is 0 Å². The average molecular weight is 270 g/mol. The summed E-state index contributed by atoms with van der Waals surface area (Å²) in [5, 5.41) is 18.7. The molecule has 2 saturated carbocycles. The SMILES string of the molecule is CN(Cc1cccc(C#N)c1)C1C[C@H]2CC(O)C[C@H]2C1. The van der Waals surface area contributed by atoms with Crippen LogP contribution in [0.5, 0.6) is 0 Å². The van der Waals surface area contributed by atoms with Gasteiger partial charge in [-0.25, -0.2) is 0 Å². The van der Waals surface area contributed by atoms with Crippen LogP contribution in [0, 0.1) is 23.2 Å². The van der Waals surface area contributed by atoms with Crippen molar-refractivity contribution in [1.29, 1.82) is 5.26 Å². The lowest BCUT2D eigenvalue weighted by Gasteiger charge is -2.25. The highest BCUT2D eigenvalue weighted by Crippen LogP contribution is 2.45. The van der Waals surface area contributed by atoms with Crippen LogP contribution in [-0.2, 0) is 6.54 Å². The second kappa shape index (κ2) is 5.55. The maximum atomic E-state index is 9.71. The molecule has 0 aliphatic heterocycles. The molecule has 106 valence electrons. The summed E-state index contributed by atoms with van der Waals surface area (Å²) in [7, 11) is 2.18. The summed E-state index contributed by atoms with van der Waals surface area (Å²) >= 11 is 0. The minimum atomic E-state index is -0.0523. The molecule has 1 N–H and O–H groups in total. The number of hydrogen-bond donors (Lipinski definition) is 1. The van der Waals surface area contributed by atoms with Crippen LogP contribution >= 0.6 is 0 Å². The quantitative estimate of drug-likeness (QED) is 0.918. The van der Waals surface area contributed by atoms with Crippen molar-refractivity contribution < 1.29 is 5.11 Å². The van der Waals surface area contributed by atoms with Crippen LogP contribution in [0.25, 0.3) is 0 Å². The molecule has 3 nitrogen and oxygen atoms in total. The summed E-state index contributed by atoms with van der Waals surface area (Å²) in [5.74, 6) is 1.45. The van der Waals surface area contributed by atoms with E-state index in [1.165, 1.54) is 18.4 Å². The van der Waals surface area contributed by atoms with Crippen LogP contribution in [0.4, 0.5) is 0 Å². The van der Waals surface area contributed by atoms with E-state index in [4.69, 9.17) is 5.26 Å². The van der Waals surface area contributed by atoms with Gasteiger partial charge < -0.3 is 5.11 Å². The molecule has 0 radical (unpaired) electrons. The Kier molecular flexibility index (Phi) is 3.78. The Labute approximate surface area is 120 Å². The second-order valence-electron chi connectivity index (χ2n) is 6.50. The fourth-order valence-corrected chi connectivity index (χ4v) is 4.07. The summed E-state index contributed by atoms with van der Waals surface area (Å²) < 4.78 is 0. The zero-order valence-electron chi connectivity index (χ0n) is 12.0. The van der Waals surface area contributed by atoms with Crippen LogP contribution in [-0.4, -0.2) is 29.2 Å². The molecule has 2 aliphatic rings. The summed E-state index contributed by atoms with van der Waals surface area (Å²) in [6, 6.07) is 10.7. The smallest absolute Gasteiger partial charge is 0.0991 e. The Bertz CT molecular complexity index is 508. The topological polar surface area (TPSA) is 47.3 Å². The number of nitriles is 1. The van der Waals surface area contributed by atoms with Gasteiger partial charge in [-0.05, 0) is 62.3 Å². The van der Waals surface area contributed by atoms with E-state index < -0.39 is 0 Å². The van der Waals surface area contributed by atoms with Crippen LogP contribution in [0.1, 0.15) is 36.8 Å². The van der Waals surface area contributed by atoms with Crippen LogP contribution < -0.4 is 0 Å². The predicted molar refractivity (Wildman–Crippen MR) is 77.9 cm³/mol. The first-order valence-corrected chi connectivity index (χ1v) is 7.53. The van der Waals surface area contributed by atoms with E-state index in [1.54, 1.807) is 0 Å². The van der Waals surface area contributed by atoms with Crippen molar-refractivity contribution in [2.45, 2.75) is 44.4 Å². The van der Waals surface area contributed by atoms with Crippen molar-refractivity contribution in [3.63, 3.8) is 0 Å². The Hall–Kier alpha value is -1.37. The van der Waals surface area contributed by atoms with Gasteiger partial charge in [-0.1, -0.05) is 12.1 Å². The first-order valence-electron chi connectivity index (χ1n) is 7.53. The monoisotopic (exact) mass is 270 g/mol. The Balaban J connectivity index is 1.60. The lowest BCUT2D eigenvalue weighted by Crippen LogP contribution is -2.29. The van der Waals surface area contributed by atoms with E-state index >= 15 is 0 Å². The highest BCUT2D eigenvalue weighted by Gasteiger charge is 2.42. The van der Waals surface area contributed by atoms with Crippen molar-refractivity contribution in [3.8, 4) is 6.07 Å². The molecule has 4 atom stereocenters. The largest absolute Gasteiger partial charge is 0.393 e. The molecule has 0 saturated heterocycles. The summed E-state index contributed by atoms with van der Waals surface area (Å²) in [5.41, 5.74) is 1.95. The highest BCUT2D eigenvalue weighted by molar-refractivity contribution is 5.32. The predicted octanol–water partition coefficient (Wildman–Crippen LogP) is 2.54. The standard InChI is InChI=1S/C17H22N2O/c1-19(11-13-4-2-3-12(5-13)10-18)16-6-14-8-17(20)9-15(14)7-16/h2-5,14-17,20H,6-9,11H2,1H3/t14-,15+,16?,17?. The number of rotatable bonds is 3. The van der Waals surface area contributed by atoms with E-state index in [1.807, 2.05) is 18.2 Å². The summed E-state index contributed by atoms with van der Waals surface area (Å²) in [6.45, 7) is 0.905. The molecule has 2 aliphatic carbocycles. The van der Waals surface area contributed by atoms with E-state index in [0.29, 0.717) is 6.04 Å². The Morgan fingerprint density at radius 3 is 2.60 bits per heavy atom. The third kappa shape index (κ3) is 2.72. The fourth-order valence-electron chi connectivity index (χ4n) is 4.07. The molecule has 2 fully saturated rings. The van der Waals surface area contributed by atoms with Crippen molar-refractivity contribution in [1.82, 2.24) is 4.90 Å². The van der Waals surface area contributed by atoms with Gasteiger partial charge in [0.1, 0.15) is 0 Å². The average Bonchev–Trinajstić information content (AvgIpc) is 2.96.